The van der Waals surface area contributed by atoms with E-state index in [1.807, 2.05) is 0 Å². The maximum atomic E-state index is 12.9. The number of aromatic nitrogens is 1. The zero-order valence-corrected chi connectivity index (χ0v) is 14.0. The van der Waals surface area contributed by atoms with Crippen molar-refractivity contribution in [1.29, 1.82) is 0 Å². The Labute approximate surface area is 148 Å². The Morgan fingerprint density at radius 1 is 1.15 bits per heavy atom. The van der Waals surface area contributed by atoms with Crippen LogP contribution in [0.4, 0.5) is 31.5 Å². The van der Waals surface area contributed by atoms with Gasteiger partial charge in [0.05, 0.1) is 17.2 Å². The van der Waals surface area contributed by atoms with Crippen LogP contribution in [0, 0.1) is 0 Å². The number of carbonyl (C=O) groups excluding carboxylic acids is 1. The highest BCUT2D eigenvalue weighted by Gasteiger charge is 2.36. The maximum absolute atomic E-state index is 12.9. The Bertz CT molecular complexity index is 765. The third kappa shape index (κ3) is 5.18. The molecule has 1 aromatic heterocycles. The van der Waals surface area contributed by atoms with Crippen LogP contribution in [0.15, 0.2) is 24.4 Å². The quantitative estimate of drug-likeness (QED) is 0.765. The largest absolute Gasteiger partial charge is 0.416 e. The van der Waals surface area contributed by atoms with Crippen LogP contribution >= 0.6 is 11.3 Å². The minimum absolute atomic E-state index is 0.0739. The fourth-order valence-corrected chi connectivity index (χ4v) is 2.84. The lowest BCUT2D eigenvalue weighted by atomic mass is 10.0. The number of nitrogens with zero attached hydrogens (tertiary/aromatic N) is 1. The predicted molar refractivity (Wildman–Crippen MR) is 83.6 cm³/mol. The lowest BCUT2D eigenvalue weighted by Crippen LogP contribution is -2.32. The third-order valence-electron chi connectivity index (χ3n) is 3.22. The van der Waals surface area contributed by atoms with Crippen LogP contribution in [0.25, 0.3) is 0 Å². The summed E-state index contributed by atoms with van der Waals surface area (Å²) in [5.74, 6) is -0.510. The molecule has 0 aliphatic carbocycles. The van der Waals surface area contributed by atoms with Gasteiger partial charge in [-0.2, -0.15) is 26.3 Å². The highest BCUT2D eigenvalue weighted by molar-refractivity contribution is 7.15. The van der Waals surface area contributed by atoms with Crippen LogP contribution in [0.2, 0.25) is 0 Å². The third-order valence-corrected chi connectivity index (χ3v) is 4.14. The maximum Gasteiger partial charge on any atom is 0.416 e. The van der Waals surface area contributed by atoms with Gasteiger partial charge in [0.25, 0.3) is 0 Å². The summed E-state index contributed by atoms with van der Waals surface area (Å²) in [6, 6.07) is 0.606. The van der Waals surface area contributed by atoms with Gasteiger partial charge >= 0.3 is 12.4 Å². The number of thiazole rings is 1. The van der Waals surface area contributed by atoms with Gasteiger partial charge in [0, 0.05) is 17.5 Å². The van der Waals surface area contributed by atoms with E-state index < -0.39 is 35.4 Å². The summed E-state index contributed by atoms with van der Waals surface area (Å²) in [7, 11) is 0. The number of anilines is 1. The molecule has 0 saturated heterocycles. The lowest BCUT2D eigenvalue weighted by molar-refractivity contribution is -0.143. The number of amides is 1. The van der Waals surface area contributed by atoms with Gasteiger partial charge in [-0.15, -0.1) is 11.3 Å². The molecule has 142 valence electrons. The van der Waals surface area contributed by atoms with Gasteiger partial charge < -0.3 is 11.1 Å². The van der Waals surface area contributed by atoms with E-state index in [0.717, 1.165) is 11.3 Å². The molecular weight excluding hydrogens is 384 g/mol. The normalized spacial score (nSPS) is 13.5. The van der Waals surface area contributed by atoms with Crippen molar-refractivity contribution in [3.05, 3.63) is 46.0 Å². The van der Waals surface area contributed by atoms with Gasteiger partial charge in [0.2, 0.25) is 5.91 Å². The average Bonchev–Trinajstić information content (AvgIpc) is 2.92. The molecule has 2 aromatic rings. The van der Waals surface area contributed by atoms with Gasteiger partial charge in [0.1, 0.15) is 0 Å². The first-order valence-corrected chi connectivity index (χ1v) is 7.97. The zero-order chi connectivity index (χ0) is 19.7. The van der Waals surface area contributed by atoms with Crippen molar-refractivity contribution in [1.82, 2.24) is 4.98 Å². The fourth-order valence-electron chi connectivity index (χ4n) is 1.99. The van der Waals surface area contributed by atoms with Crippen molar-refractivity contribution in [3.8, 4) is 0 Å². The smallest absolute Gasteiger partial charge is 0.320 e. The molecule has 11 heteroatoms. The average molecular weight is 397 g/mol. The summed E-state index contributed by atoms with van der Waals surface area (Å²) in [6.07, 6.45) is -8.73. The van der Waals surface area contributed by atoms with E-state index in [2.05, 4.69) is 10.3 Å². The van der Waals surface area contributed by atoms with E-state index >= 15 is 0 Å². The minimum Gasteiger partial charge on any atom is -0.320 e. The number of nitrogens with two attached hydrogens (primary N) is 1. The molecule has 0 saturated carbocycles. The molecule has 0 fully saturated rings. The molecule has 3 N–H and O–H groups in total. The number of alkyl halides is 6. The second-order valence-corrected chi connectivity index (χ2v) is 6.62. The Morgan fingerprint density at radius 2 is 1.69 bits per heavy atom. The van der Waals surface area contributed by atoms with Crippen LogP contribution in [-0.4, -0.2) is 16.9 Å². The zero-order valence-electron chi connectivity index (χ0n) is 13.2. The van der Waals surface area contributed by atoms with E-state index in [0.29, 0.717) is 17.0 Å². The first kappa shape index (κ1) is 20.2. The van der Waals surface area contributed by atoms with Gasteiger partial charge in [0.15, 0.2) is 5.13 Å². The van der Waals surface area contributed by atoms with Gasteiger partial charge in [-0.1, -0.05) is 0 Å². The van der Waals surface area contributed by atoms with Crippen LogP contribution in [-0.2, 0) is 23.6 Å². The summed E-state index contributed by atoms with van der Waals surface area (Å²) >= 11 is 0.939. The Morgan fingerprint density at radius 3 is 2.15 bits per heavy atom. The molecular formula is C15H13F6N3OS. The lowest BCUT2D eigenvalue weighted by Gasteiger charge is -2.13. The van der Waals surface area contributed by atoms with Gasteiger partial charge in [-0.05, 0) is 30.7 Å². The van der Waals surface area contributed by atoms with E-state index in [-0.39, 0.29) is 23.2 Å². The van der Waals surface area contributed by atoms with E-state index in [9.17, 15) is 31.1 Å². The molecule has 1 atom stereocenters. The SMILES string of the molecule is C[C@@H](N)C(=O)Nc1ncc(Cc2cc(C(F)(F)F)cc(C(F)(F)F)c2)s1. The monoisotopic (exact) mass is 397 g/mol. The summed E-state index contributed by atoms with van der Waals surface area (Å²) in [4.78, 5) is 15.7. The van der Waals surface area contributed by atoms with E-state index in [4.69, 9.17) is 5.73 Å². The fraction of sp³-hybridized carbons (Fsp3) is 0.333. The number of hydrogen-bond acceptors (Lipinski definition) is 4. The van der Waals surface area contributed by atoms with Crippen molar-refractivity contribution in [2.45, 2.75) is 31.7 Å². The number of rotatable bonds is 4. The number of nitrogens with one attached hydrogen (secondary N) is 1. The molecule has 0 aliphatic rings. The minimum atomic E-state index is -4.90. The molecule has 1 amide bonds. The summed E-state index contributed by atoms with van der Waals surface area (Å²) in [5.41, 5.74) is 2.46. The Kier molecular flexibility index (Phi) is 5.61. The van der Waals surface area contributed by atoms with Crippen LogP contribution in [0.5, 0.6) is 0 Å². The molecule has 2 rings (SSSR count). The first-order valence-electron chi connectivity index (χ1n) is 7.16. The van der Waals surface area contributed by atoms with Crippen molar-refractivity contribution in [2.75, 3.05) is 5.32 Å². The standard InChI is InChI=1S/C15H13F6N3OS/c1-7(22)12(25)24-13-23-6-11(26-13)4-8-2-9(14(16,17)18)5-10(3-8)15(19,20)21/h2-3,5-7H,4,22H2,1H3,(H,23,24,25)/t7-/m1/s1. The molecule has 0 radical (unpaired) electrons. The highest BCUT2D eigenvalue weighted by Crippen LogP contribution is 2.37. The molecule has 0 unspecified atom stereocenters. The van der Waals surface area contributed by atoms with E-state index in [1.54, 1.807) is 0 Å². The van der Waals surface area contributed by atoms with Gasteiger partial charge in [-0.25, -0.2) is 4.98 Å². The topological polar surface area (TPSA) is 68.0 Å². The second-order valence-electron chi connectivity index (χ2n) is 5.50. The number of halogens is 6. The number of benzene rings is 1. The number of carbonyl (C=O) groups is 1. The molecule has 1 aromatic carbocycles. The van der Waals surface area contributed by atoms with Crippen molar-refractivity contribution < 1.29 is 31.1 Å². The molecule has 1 heterocycles. The molecule has 0 bridgehead atoms. The second kappa shape index (κ2) is 7.23. The highest BCUT2D eigenvalue weighted by atomic mass is 32.1. The summed E-state index contributed by atoms with van der Waals surface area (Å²) in [6.45, 7) is 1.45. The molecule has 0 spiro atoms. The van der Waals surface area contributed by atoms with Crippen LogP contribution in [0.3, 0.4) is 0 Å². The Balaban J connectivity index is 2.29. The summed E-state index contributed by atoms with van der Waals surface area (Å²) in [5, 5.41) is 2.56. The van der Waals surface area contributed by atoms with Crippen LogP contribution in [0.1, 0.15) is 28.5 Å². The molecule has 0 aliphatic heterocycles. The molecule has 26 heavy (non-hydrogen) atoms. The van der Waals surface area contributed by atoms with Gasteiger partial charge in [-0.3, -0.25) is 4.79 Å². The van der Waals surface area contributed by atoms with Crippen molar-refractivity contribution in [2.24, 2.45) is 5.73 Å². The Hall–Kier alpha value is -2.14. The van der Waals surface area contributed by atoms with Crippen molar-refractivity contribution >= 4 is 22.4 Å². The van der Waals surface area contributed by atoms with Crippen molar-refractivity contribution in [3.63, 3.8) is 0 Å². The summed E-state index contributed by atoms with van der Waals surface area (Å²) < 4.78 is 77.2. The predicted octanol–water partition coefficient (Wildman–Crippen LogP) is 4.06. The molecule has 4 nitrogen and oxygen atoms in total. The first-order chi connectivity index (χ1) is 11.9. The van der Waals surface area contributed by atoms with E-state index in [1.165, 1.54) is 13.1 Å². The number of hydrogen-bond donors (Lipinski definition) is 2. The van der Waals surface area contributed by atoms with Crippen LogP contribution < -0.4 is 11.1 Å².